The van der Waals surface area contributed by atoms with Gasteiger partial charge in [0.2, 0.25) is 0 Å². The SMILES string of the molecule is OC(c1cccc(OC2CC2)c1)c1ccccc1F. The Bertz CT molecular complexity index is 578. The average molecular weight is 258 g/mol. The molecule has 0 spiro atoms. The first-order chi connectivity index (χ1) is 9.24. The van der Waals surface area contributed by atoms with E-state index < -0.39 is 11.9 Å². The van der Waals surface area contributed by atoms with Crippen molar-refractivity contribution < 1.29 is 14.2 Å². The van der Waals surface area contributed by atoms with Crippen molar-refractivity contribution in [2.24, 2.45) is 0 Å². The molecule has 1 fully saturated rings. The van der Waals surface area contributed by atoms with E-state index >= 15 is 0 Å². The summed E-state index contributed by atoms with van der Waals surface area (Å²) in [7, 11) is 0. The first-order valence-electron chi connectivity index (χ1n) is 6.43. The Morgan fingerprint density at radius 2 is 1.89 bits per heavy atom. The molecule has 1 N–H and O–H groups in total. The van der Waals surface area contributed by atoms with Crippen LogP contribution in [0.25, 0.3) is 0 Å². The molecule has 0 radical (unpaired) electrons. The molecule has 1 aliphatic carbocycles. The quantitative estimate of drug-likeness (QED) is 0.910. The fraction of sp³-hybridized carbons (Fsp3) is 0.250. The summed E-state index contributed by atoms with van der Waals surface area (Å²) >= 11 is 0. The second kappa shape index (κ2) is 5.02. The van der Waals surface area contributed by atoms with Crippen LogP contribution in [-0.4, -0.2) is 11.2 Å². The van der Waals surface area contributed by atoms with Crippen LogP contribution in [0.15, 0.2) is 48.5 Å². The molecule has 3 heteroatoms. The normalized spacial score (nSPS) is 16.1. The standard InChI is InChI=1S/C16H15FO2/c17-15-7-2-1-6-14(15)16(18)11-4-3-5-13(10-11)19-12-8-9-12/h1-7,10,12,16,18H,8-9H2. The summed E-state index contributed by atoms with van der Waals surface area (Å²) in [6, 6.07) is 13.5. The third kappa shape index (κ3) is 2.76. The molecule has 0 heterocycles. The summed E-state index contributed by atoms with van der Waals surface area (Å²) in [4.78, 5) is 0. The van der Waals surface area contributed by atoms with Crippen LogP contribution in [0.2, 0.25) is 0 Å². The molecule has 2 aromatic rings. The molecule has 2 aromatic carbocycles. The summed E-state index contributed by atoms with van der Waals surface area (Å²) in [5.41, 5.74) is 0.925. The highest BCUT2D eigenvalue weighted by atomic mass is 19.1. The lowest BCUT2D eigenvalue weighted by Gasteiger charge is -2.13. The number of aliphatic hydroxyl groups is 1. The molecular formula is C16H15FO2. The largest absolute Gasteiger partial charge is 0.490 e. The summed E-state index contributed by atoms with van der Waals surface area (Å²) in [6.07, 6.45) is 1.50. The van der Waals surface area contributed by atoms with E-state index in [-0.39, 0.29) is 5.56 Å². The van der Waals surface area contributed by atoms with Gasteiger partial charge in [0.25, 0.3) is 0 Å². The van der Waals surface area contributed by atoms with E-state index in [0.29, 0.717) is 11.7 Å². The molecule has 2 nitrogen and oxygen atoms in total. The molecule has 0 bridgehead atoms. The lowest BCUT2D eigenvalue weighted by Crippen LogP contribution is -2.03. The van der Waals surface area contributed by atoms with E-state index in [1.807, 2.05) is 12.1 Å². The van der Waals surface area contributed by atoms with Gasteiger partial charge in [-0.3, -0.25) is 0 Å². The average Bonchev–Trinajstić information content (AvgIpc) is 3.23. The predicted molar refractivity (Wildman–Crippen MR) is 70.6 cm³/mol. The third-order valence-corrected chi connectivity index (χ3v) is 3.20. The Balaban J connectivity index is 1.86. The summed E-state index contributed by atoms with van der Waals surface area (Å²) in [5, 5.41) is 10.3. The number of benzene rings is 2. The molecule has 1 aliphatic rings. The lowest BCUT2D eigenvalue weighted by molar-refractivity contribution is 0.214. The highest BCUT2D eigenvalue weighted by Crippen LogP contribution is 2.30. The lowest BCUT2D eigenvalue weighted by atomic mass is 10.0. The second-order valence-corrected chi connectivity index (χ2v) is 4.81. The van der Waals surface area contributed by atoms with Crippen LogP contribution in [0.1, 0.15) is 30.1 Å². The minimum Gasteiger partial charge on any atom is -0.490 e. The second-order valence-electron chi connectivity index (χ2n) is 4.81. The smallest absolute Gasteiger partial charge is 0.129 e. The highest BCUT2D eigenvalue weighted by Gasteiger charge is 2.24. The van der Waals surface area contributed by atoms with Crippen molar-refractivity contribution in [2.75, 3.05) is 0 Å². The van der Waals surface area contributed by atoms with Crippen LogP contribution in [0.4, 0.5) is 4.39 Å². The number of halogens is 1. The Morgan fingerprint density at radius 3 is 2.63 bits per heavy atom. The molecule has 3 rings (SSSR count). The van der Waals surface area contributed by atoms with E-state index in [2.05, 4.69) is 0 Å². The first-order valence-corrected chi connectivity index (χ1v) is 6.43. The Morgan fingerprint density at radius 1 is 1.11 bits per heavy atom. The van der Waals surface area contributed by atoms with Crippen LogP contribution in [-0.2, 0) is 0 Å². The monoisotopic (exact) mass is 258 g/mol. The van der Waals surface area contributed by atoms with Gasteiger partial charge in [-0.1, -0.05) is 30.3 Å². The number of hydrogen-bond donors (Lipinski definition) is 1. The molecule has 0 aromatic heterocycles. The van der Waals surface area contributed by atoms with Crippen LogP contribution < -0.4 is 4.74 Å². The molecule has 98 valence electrons. The number of hydrogen-bond acceptors (Lipinski definition) is 2. The van der Waals surface area contributed by atoms with Crippen molar-refractivity contribution in [3.63, 3.8) is 0 Å². The molecule has 0 saturated heterocycles. The van der Waals surface area contributed by atoms with Crippen LogP contribution in [0.3, 0.4) is 0 Å². The fourth-order valence-corrected chi connectivity index (χ4v) is 2.01. The van der Waals surface area contributed by atoms with Gasteiger partial charge >= 0.3 is 0 Å². The predicted octanol–water partition coefficient (Wildman–Crippen LogP) is 3.45. The minimum atomic E-state index is -0.969. The Kier molecular flexibility index (Phi) is 3.22. The Hall–Kier alpha value is -1.87. The van der Waals surface area contributed by atoms with Crippen molar-refractivity contribution in [2.45, 2.75) is 25.0 Å². The zero-order valence-corrected chi connectivity index (χ0v) is 10.4. The fourth-order valence-electron chi connectivity index (χ4n) is 2.01. The van der Waals surface area contributed by atoms with E-state index in [9.17, 15) is 9.50 Å². The molecule has 1 atom stereocenters. The van der Waals surface area contributed by atoms with E-state index in [0.717, 1.165) is 18.6 Å². The van der Waals surface area contributed by atoms with E-state index in [1.165, 1.54) is 6.07 Å². The van der Waals surface area contributed by atoms with Crippen LogP contribution in [0.5, 0.6) is 5.75 Å². The zero-order chi connectivity index (χ0) is 13.2. The Labute approximate surface area is 111 Å². The zero-order valence-electron chi connectivity index (χ0n) is 10.4. The first kappa shape index (κ1) is 12.2. The van der Waals surface area contributed by atoms with E-state index in [4.69, 9.17) is 4.74 Å². The molecule has 19 heavy (non-hydrogen) atoms. The highest BCUT2D eigenvalue weighted by molar-refractivity contribution is 5.36. The molecule has 0 aliphatic heterocycles. The maximum absolute atomic E-state index is 13.7. The summed E-state index contributed by atoms with van der Waals surface area (Å²) in [6.45, 7) is 0. The van der Waals surface area contributed by atoms with Crippen molar-refractivity contribution in [3.05, 3.63) is 65.5 Å². The number of rotatable bonds is 4. The van der Waals surface area contributed by atoms with Gasteiger partial charge in [-0.05, 0) is 36.6 Å². The summed E-state index contributed by atoms with van der Waals surface area (Å²) in [5.74, 6) is 0.332. The molecular weight excluding hydrogens is 243 g/mol. The molecule has 0 amide bonds. The van der Waals surface area contributed by atoms with Crippen molar-refractivity contribution >= 4 is 0 Å². The molecule has 1 saturated carbocycles. The van der Waals surface area contributed by atoms with Gasteiger partial charge in [0.05, 0.1) is 6.10 Å². The van der Waals surface area contributed by atoms with Gasteiger partial charge in [0.15, 0.2) is 0 Å². The van der Waals surface area contributed by atoms with Gasteiger partial charge in [-0.15, -0.1) is 0 Å². The molecule has 1 unspecified atom stereocenters. The maximum atomic E-state index is 13.7. The number of aliphatic hydroxyl groups excluding tert-OH is 1. The number of ether oxygens (including phenoxy) is 1. The minimum absolute atomic E-state index is 0.283. The van der Waals surface area contributed by atoms with E-state index in [1.54, 1.807) is 30.3 Å². The topological polar surface area (TPSA) is 29.5 Å². The van der Waals surface area contributed by atoms with Gasteiger partial charge in [-0.2, -0.15) is 0 Å². The third-order valence-electron chi connectivity index (χ3n) is 3.20. The van der Waals surface area contributed by atoms with Gasteiger partial charge in [0, 0.05) is 5.56 Å². The van der Waals surface area contributed by atoms with Gasteiger partial charge in [-0.25, -0.2) is 4.39 Å². The maximum Gasteiger partial charge on any atom is 0.129 e. The van der Waals surface area contributed by atoms with Crippen molar-refractivity contribution in [1.29, 1.82) is 0 Å². The van der Waals surface area contributed by atoms with Crippen molar-refractivity contribution in [1.82, 2.24) is 0 Å². The van der Waals surface area contributed by atoms with Gasteiger partial charge < -0.3 is 9.84 Å². The summed E-state index contributed by atoms with van der Waals surface area (Å²) < 4.78 is 19.3. The van der Waals surface area contributed by atoms with Gasteiger partial charge in [0.1, 0.15) is 17.7 Å². The van der Waals surface area contributed by atoms with Crippen molar-refractivity contribution in [3.8, 4) is 5.75 Å². The van der Waals surface area contributed by atoms with Crippen LogP contribution in [0, 0.1) is 5.82 Å². The van der Waals surface area contributed by atoms with Crippen LogP contribution >= 0.6 is 0 Å².